The van der Waals surface area contributed by atoms with Gasteiger partial charge < -0.3 is 5.32 Å². The second-order valence-corrected chi connectivity index (χ2v) is 6.00. The Morgan fingerprint density at radius 2 is 1.94 bits per heavy atom. The second kappa shape index (κ2) is 8.92. The lowest BCUT2D eigenvalue weighted by molar-refractivity contribution is 0.150. The van der Waals surface area contributed by atoms with E-state index in [0.717, 1.165) is 18.5 Å². The maximum atomic E-state index is 3.72. The molecule has 0 spiro atoms. The zero-order valence-corrected chi connectivity index (χ0v) is 13.0. The molecule has 1 saturated heterocycles. The molecule has 108 valence electrons. The van der Waals surface area contributed by atoms with Crippen LogP contribution in [0.4, 0.5) is 0 Å². The fourth-order valence-electron chi connectivity index (χ4n) is 3.42. The third-order valence-electron chi connectivity index (χ3n) is 4.47. The molecule has 0 aromatic heterocycles. The van der Waals surface area contributed by atoms with Gasteiger partial charge in [-0.3, -0.25) is 4.90 Å². The molecule has 2 nitrogen and oxygen atoms in total. The lowest BCUT2D eigenvalue weighted by Crippen LogP contribution is -2.50. The maximum absolute atomic E-state index is 3.72. The van der Waals surface area contributed by atoms with Crippen LogP contribution >= 0.6 is 0 Å². The summed E-state index contributed by atoms with van der Waals surface area (Å²) in [5, 5.41) is 3.72. The maximum Gasteiger partial charge on any atom is 0.0246 e. The molecule has 1 aliphatic heterocycles. The van der Waals surface area contributed by atoms with E-state index in [1.807, 2.05) is 0 Å². The van der Waals surface area contributed by atoms with Crippen LogP contribution in [0, 0.1) is 5.92 Å². The largest absolute Gasteiger partial charge is 0.313 e. The summed E-state index contributed by atoms with van der Waals surface area (Å²) in [5.41, 5.74) is 0. The molecule has 0 aliphatic carbocycles. The van der Waals surface area contributed by atoms with Gasteiger partial charge in [0.25, 0.3) is 0 Å². The highest BCUT2D eigenvalue weighted by molar-refractivity contribution is 4.85. The van der Waals surface area contributed by atoms with Crippen molar-refractivity contribution in [3.8, 4) is 0 Å². The van der Waals surface area contributed by atoms with E-state index < -0.39 is 0 Å². The molecular weight excluding hydrogens is 220 g/mol. The van der Waals surface area contributed by atoms with E-state index in [1.165, 1.54) is 51.6 Å². The van der Waals surface area contributed by atoms with Crippen molar-refractivity contribution in [1.29, 1.82) is 0 Å². The predicted octanol–water partition coefficient (Wildman–Crippen LogP) is 3.67. The first kappa shape index (κ1) is 16.0. The van der Waals surface area contributed by atoms with E-state index in [2.05, 4.69) is 37.9 Å². The van der Waals surface area contributed by atoms with Gasteiger partial charge in [-0.05, 0) is 57.7 Å². The zero-order valence-electron chi connectivity index (χ0n) is 13.0. The molecule has 1 aliphatic rings. The van der Waals surface area contributed by atoms with Crippen molar-refractivity contribution in [3.05, 3.63) is 0 Å². The zero-order chi connectivity index (χ0) is 13.4. The number of nitrogens with one attached hydrogen (secondary N) is 1. The van der Waals surface area contributed by atoms with Crippen LogP contribution in [0.2, 0.25) is 0 Å². The number of hydrogen-bond acceptors (Lipinski definition) is 2. The van der Waals surface area contributed by atoms with Gasteiger partial charge in [0.1, 0.15) is 0 Å². The van der Waals surface area contributed by atoms with Gasteiger partial charge in [0.05, 0.1) is 0 Å². The van der Waals surface area contributed by atoms with Crippen LogP contribution in [0.15, 0.2) is 0 Å². The summed E-state index contributed by atoms with van der Waals surface area (Å²) in [7, 11) is 0. The van der Waals surface area contributed by atoms with Crippen LogP contribution in [-0.4, -0.2) is 36.6 Å². The molecule has 0 bridgehead atoms. The van der Waals surface area contributed by atoms with Gasteiger partial charge in [0.2, 0.25) is 0 Å². The molecular formula is C16H34N2. The SMILES string of the molecule is CCCC(NCC)C(CC)N1CCCC(C)CC1. The fraction of sp³-hybridized carbons (Fsp3) is 1.00. The van der Waals surface area contributed by atoms with E-state index in [0.29, 0.717) is 6.04 Å². The van der Waals surface area contributed by atoms with Crippen LogP contribution in [0.5, 0.6) is 0 Å². The molecule has 1 fully saturated rings. The Morgan fingerprint density at radius 1 is 1.17 bits per heavy atom. The summed E-state index contributed by atoms with van der Waals surface area (Å²) in [6.07, 6.45) is 8.10. The molecule has 1 heterocycles. The third-order valence-corrected chi connectivity index (χ3v) is 4.47. The molecule has 0 aromatic carbocycles. The second-order valence-electron chi connectivity index (χ2n) is 6.00. The van der Waals surface area contributed by atoms with Gasteiger partial charge in [-0.1, -0.05) is 34.1 Å². The van der Waals surface area contributed by atoms with Gasteiger partial charge in [0, 0.05) is 12.1 Å². The van der Waals surface area contributed by atoms with Crippen LogP contribution in [0.25, 0.3) is 0 Å². The van der Waals surface area contributed by atoms with Crippen LogP contribution < -0.4 is 5.32 Å². The van der Waals surface area contributed by atoms with Crippen molar-refractivity contribution in [2.45, 2.75) is 78.3 Å². The molecule has 0 radical (unpaired) electrons. The molecule has 1 rings (SSSR count). The molecule has 3 atom stereocenters. The van der Waals surface area contributed by atoms with Crippen molar-refractivity contribution < 1.29 is 0 Å². The minimum Gasteiger partial charge on any atom is -0.313 e. The van der Waals surface area contributed by atoms with E-state index in [9.17, 15) is 0 Å². The standard InChI is InChI=1S/C16H34N2/c1-5-9-15(17-7-3)16(6-2)18-12-8-10-14(4)11-13-18/h14-17H,5-13H2,1-4H3. The minimum absolute atomic E-state index is 0.693. The Bertz CT molecular complexity index is 199. The molecule has 1 N–H and O–H groups in total. The van der Waals surface area contributed by atoms with Crippen LogP contribution in [0.3, 0.4) is 0 Å². The van der Waals surface area contributed by atoms with E-state index in [1.54, 1.807) is 0 Å². The first-order valence-electron chi connectivity index (χ1n) is 8.20. The minimum atomic E-state index is 0.693. The smallest absolute Gasteiger partial charge is 0.0246 e. The molecule has 0 aromatic rings. The van der Waals surface area contributed by atoms with Crippen molar-refractivity contribution >= 4 is 0 Å². The van der Waals surface area contributed by atoms with Gasteiger partial charge in [-0.2, -0.15) is 0 Å². The number of rotatable bonds is 7. The first-order chi connectivity index (χ1) is 8.72. The quantitative estimate of drug-likeness (QED) is 0.746. The molecule has 0 saturated carbocycles. The summed E-state index contributed by atoms with van der Waals surface area (Å²) >= 11 is 0. The van der Waals surface area contributed by atoms with Gasteiger partial charge >= 0.3 is 0 Å². The lowest BCUT2D eigenvalue weighted by Gasteiger charge is -2.36. The topological polar surface area (TPSA) is 15.3 Å². The summed E-state index contributed by atoms with van der Waals surface area (Å²) in [4.78, 5) is 2.77. The van der Waals surface area contributed by atoms with Gasteiger partial charge in [-0.15, -0.1) is 0 Å². The van der Waals surface area contributed by atoms with Crippen molar-refractivity contribution in [3.63, 3.8) is 0 Å². The Balaban J connectivity index is 2.60. The van der Waals surface area contributed by atoms with Crippen molar-refractivity contribution in [1.82, 2.24) is 10.2 Å². The lowest BCUT2D eigenvalue weighted by atomic mass is 9.98. The Kier molecular flexibility index (Phi) is 7.92. The molecule has 2 heteroatoms. The number of hydrogen-bond donors (Lipinski definition) is 1. The van der Waals surface area contributed by atoms with Crippen LogP contribution in [0.1, 0.15) is 66.2 Å². The van der Waals surface area contributed by atoms with E-state index >= 15 is 0 Å². The summed E-state index contributed by atoms with van der Waals surface area (Å²) in [5.74, 6) is 0.927. The Hall–Kier alpha value is -0.0800. The highest BCUT2D eigenvalue weighted by atomic mass is 15.2. The van der Waals surface area contributed by atoms with Crippen molar-refractivity contribution in [2.75, 3.05) is 19.6 Å². The average Bonchev–Trinajstić information content (AvgIpc) is 2.56. The predicted molar refractivity (Wildman–Crippen MR) is 81.0 cm³/mol. The molecule has 3 unspecified atom stereocenters. The highest BCUT2D eigenvalue weighted by Gasteiger charge is 2.26. The molecule has 18 heavy (non-hydrogen) atoms. The highest BCUT2D eigenvalue weighted by Crippen LogP contribution is 2.21. The van der Waals surface area contributed by atoms with Gasteiger partial charge in [-0.25, -0.2) is 0 Å². The third kappa shape index (κ3) is 4.89. The summed E-state index contributed by atoms with van der Waals surface area (Å²) < 4.78 is 0. The van der Waals surface area contributed by atoms with E-state index in [4.69, 9.17) is 0 Å². The first-order valence-corrected chi connectivity index (χ1v) is 8.20. The monoisotopic (exact) mass is 254 g/mol. The molecule has 0 amide bonds. The number of likely N-dealkylation sites (N-methyl/N-ethyl adjacent to an activating group) is 1. The Morgan fingerprint density at radius 3 is 2.56 bits per heavy atom. The van der Waals surface area contributed by atoms with Crippen LogP contribution in [-0.2, 0) is 0 Å². The van der Waals surface area contributed by atoms with Gasteiger partial charge in [0.15, 0.2) is 0 Å². The summed E-state index contributed by atoms with van der Waals surface area (Å²) in [6.45, 7) is 13.0. The summed E-state index contributed by atoms with van der Waals surface area (Å²) in [6, 6.07) is 1.44. The van der Waals surface area contributed by atoms with E-state index in [-0.39, 0.29) is 0 Å². The normalized spacial score (nSPS) is 25.7. The van der Waals surface area contributed by atoms with Crippen molar-refractivity contribution in [2.24, 2.45) is 5.92 Å². The number of nitrogens with zero attached hydrogens (tertiary/aromatic N) is 1. The number of likely N-dealkylation sites (tertiary alicyclic amines) is 1. The fourth-order valence-corrected chi connectivity index (χ4v) is 3.42. The average molecular weight is 254 g/mol. The Labute approximate surface area is 115 Å².